The third kappa shape index (κ3) is 3.89. The van der Waals surface area contributed by atoms with Gasteiger partial charge < -0.3 is 14.6 Å². The number of anilines is 2. The molecule has 0 spiro atoms. The Bertz CT molecular complexity index is 1140. The SMILES string of the molecule is CC(C)Oc1cc(Nc2nc3c(cc2F)ncn3[C@@H](C)c2ccc(F)cc2)[nH]n1. The first-order valence-electron chi connectivity index (χ1n) is 9.18. The normalized spacial score (nSPS) is 12.5. The molecule has 0 aliphatic carbocycles. The molecule has 0 bridgehead atoms. The molecule has 4 aromatic rings. The summed E-state index contributed by atoms with van der Waals surface area (Å²) in [4.78, 5) is 8.66. The van der Waals surface area contributed by atoms with E-state index in [-0.39, 0.29) is 23.8 Å². The number of aromatic nitrogens is 5. The monoisotopic (exact) mass is 398 g/mol. The van der Waals surface area contributed by atoms with Crippen LogP contribution in [0.1, 0.15) is 32.4 Å². The third-order valence-electron chi connectivity index (χ3n) is 4.44. The van der Waals surface area contributed by atoms with Gasteiger partial charge in [0.2, 0.25) is 5.88 Å². The maximum absolute atomic E-state index is 14.5. The lowest BCUT2D eigenvalue weighted by Gasteiger charge is -2.15. The second-order valence-corrected chi connectivity index (χ2v) is 6.95. The zero-order chi connectivity index (χ0) is 20.5. The van der Waals surface area contributed by atoms with Gasteiger partial charge >= 0.3 is 0 Å². The van der Waals surface area contributed by atoms with Crippen LogP contribution in [0.3, 0.4) is 0 Å². The highest BCUT2D eigenvalue weighted by atomic mass is 19.1. The number of hydrogen-bond acceptors (Lipinski definition) is 5. The average Bonchev–Trinajstić information content (AvgIpc) is 3.28. The zero-order valence-electron chi connectivity index (χ0n) is 16.1. The summed E-state index contributed by atoms with van der Waals surface area (Å²) in [6.45, 7) is 5.72. The Hall–Kier alpha value is -3.49. The first kappa shape index (κ1) is 18.9. The number of halogens is 2. The number of rotatable bonds is 6. The summed E-state index contributed by atoms with van der Waals surface area (Å²) >= 11 is 0. The molecular formula is C20H20F2N6O. The summed E-state index contributed by atoms with van der Waals surface area (Å²) in [5.41, 5.74) is 1.81. The molecule has 29 heavy (non-hydrogen) atoms. The van der Waals surface area contributed by atoms with Crippen LogP contribution in [0.5, 0.6) is 5.88 Å². The second kappa shape index (κ2) is 7.50. The van der Waals surface area contributed by atoms with Gasteiger partial charge in [-0.1, -0.05) is 12.1 Å². The first-order valence-corrected chi connectivity index (χ1v) is 9.18. The fraction of sp³-hybridized carbons (Fsp3) is 0.250. The van der Waals surface area contributed by atoms with E-state index in [2.05, 4.69) is 25.5 Å². The van der Waals surface area contributed by atoms with E-state index in [1.807, 2.05) is 25.3 Å². The summed E-state index contributed by atoms with van der Waals surface area (Å²) in [6.07, 6.45) is 1.57. The van der Waals surface area contributed by atoms with Crippen LogP contribution in [0, 0.1) is 11.6 Å². The van der Waals surface area contributed by atoms with Crippen molar-refractivity contribution in [1.82, 2.24) is 24.7 Å². The van der Waals surface area contributed by atoms with E-state index in [1.165, 1.54) is 18.2 Å². The standard InChI is InChI=1S/C20H20F2N6O/c1-11(2)29-18-9-17(26-27-18)24-19-15(22)8-16-20(25-19)28(10-23-16)12(3)13-4-6-14(21)7-5-13/h4-12H,1-3H3,(H2,24,25,26,27)/t12-/m0/s1. The van der Waals surface area contributed by atoms with Crippen molar-refractivity contribution in [2.75, 3.05) is 5.32 Å². The summed E-state index contributed by atoms with van der Waals surface area (Å²) in [7, 11) is 0. The number of fused-ring (bicyclic) bond motifs is 1. The molecule has 3 aromatic heterocycles. The maximum atomic E-state index is 14.5. The van der Waals surface area contributed by atoms with Gasteiger partial charge in [0.05, 0.1) is 18.5 Å². The van der Waals surface area contributed by atoms with Gasteiger partial charge in [0.15, 0.2) is 17.3 Å². The van der Waals surface area contributed by atoms with E-state index < -0.39 is 5.82 Å². The predicted octanol–water partition coefficient (Wildman–Crippen LogP) is 4.57. The number of H-pyrrole nitrogens is 1. The minimum absolute atomic E-state index is 0.0281. The van der Waals surface area contributed by atoms with Gasteiger partial charge in [-0.05, 0) is 38.5 Å². The first-order chi connectivity index (χ1) is 13.9. The molecule has 0 saturated heterocycles. The molecule has 1 aromatic carbocycles. The lowest BCUT2D eigenvalue weighted by molar-refractivity contribution is 0.232. The van der Waals surface area contributed by atoms with Crippen LogP contribution in [0.2, 0.25) is 0 Å². The van der Waals surface area contributed by atoms with E-state index in [0.717, 1.165) is 5.56 Å². The van der Waals surface area contributed by atoms with Crippen LogP contribution >= 0.6 is 0 Å². The van der Waals surface area contributed by atoms with Gasteiger partial charge in [-0.15, -0.1) is 5.10 Å². The molecule has 7 nitrogen and oxygen atoms in total. The van der Waals surface area contributed by atoms with E-state index in [0.29, 0.717) is 22.9 Å². The van der Waals surface area contributed by atoms with E-state index in [4.69, 9.17) is 4.74 Å². The Morgan fingerprint density at radius 3 is 2.59 bits per heavy atom. The van der Waals surface area contributed by atoms with Gasteiger partial charge in [0.1, 0.15) is 17.2 Å². The van der Waals surface area contributed by atoms with Crippen molar-refractivity contribution in [2.45, 2.75) is 32.9 Å². The molecule has 3 heterocycles. The number of ether oxygens (including phenoxy) is 1. The highest BCUT2D eigenvalue weighted by Crippen LogP contribution is 2.26. The van der Waals surface area contributed by atoms with Gasteiger partial charge in [-0.25, -0.2) is 18.7 Å². The molecule has 0 aliphatic rings. The summed E-state index contributed by atoms with van der Waals surface area (Å²) in [6, 6.07) is 9.00. The molecule has 2 N–H and O–H groups in total. The Morgan fingerprint density at radius 1 is 1.10 bits per heavy atom. The summed E-state index contributed by atoms with van der Waals surface area (Å²) in [5, 5.41) is 9.65. The summed E-state index contributed by atoms with van der Waals surface area (Å²) in [5.74, 6) is 0.0370. The molecule has 0 aliphatic heterocycles. The van der Waals surface area contributed by atoms with Crippen molar-refractivity contribution in [3.8, 4) is 5.88 Å². The fourth-order valence-corrected chi connectivity index (χ4v) is 3.00. The van der Waals surface area contributed by atoms with Gasteiger partial charge in [-0.3, -0.25) is 5.10 Å². The molecule has 0 saturated carbocycles. The van der Waals surface area contributed by atoms with E-state index >= 15 is 0 Å². The number of hydrogen-bond donors (Lipinski definition) is 2. The minimum Gasteiger partial charge on any atom is -0.474 e. The Balaban J connectivity index is 1.65. The third-order valence-corrected chi connectivity index (χ3v) is 4.44. The number of nitrogens with zero attached hydrogens (tertiary/aromatic N) is 4. The molecule has 4 rings (SSSR count). The number of benzene rings is 1. The fourth-order valence-electron chi connectivity index (χ4n) is 3.00. The largest absolute Gasteiger partial charge is 0.474 e. The Labute approximate surface area is 165 Å². The Morgan fingerprint density at radius 2 is 1.86 bits per heavy atom. The van der Waals surface area contributed by atoms with Gasteiger partial charge in [-0.2, -0.15) is 0 Å². The van der Waals surface area contributed by atoms with Crippen molar-refractivity contribution in [1.29, 1.82) is 0 Å². The number of nitrogens with one attached hydrogen (secondary N) is 2. The summed E-state index contributed by atoms with van der Waals surface area (Å²) < 4.78 is 35.0. The van der Waals surface area contributed by atoms with E-state index in [1.54, 1.807) is 24.5 Å². The molecule has 0 amide bonds. The van der Waals surface area contributed by atoms with Crippen LogP contribution in [-0.2, 0) is 0 Å². The smallest absolute Gasteiger partial charge is 0.234 e. The van der Waals surface area contributed by atoms with Gasteiger partial charge in [0, 0.05) is 12.1 Å². The maximum Gasteiger partial charge on any atom is 0.234 e. The van der Waals surface area contributed by atoms with Crippen LogP contribution in [0.25, 0.3) is 11.2 Å². The van der Waals surface area contributed by atoms with Crippen molar-refractivity contribution < 1.29 is 13.5 Å². The topological polar surface area (TPSA) is 80.6 Å². The highest BCUT2D eigenvalue weighted by Gasteiger charge is 2.17. The predicted molar refractivity (Wildman–Crippen MR) is 105 cm³/mol. The molecular weight excluding hydrogens is 378 g/mol. The average molecular weight is 398 g/mol. The van der Waals surface area contributed by atoms with Crippen molar-refractivity contribution in [2.24, 2.45) is 0 Å². The minimum atomic E-state index is -0.543. The van der Waals surface area contributed by atoms with E-state index in [9.17, 15) is 8.78 Å². The molecule has 150 valence electrons. The van der Waals surface area contributed by atoms with Crippen LogP contribution in [-0.4, -0.2) is 30.8 Å². The molecule has 1 atom stereocenters. The molecule has 0 fully saturated rings. The molecule has 0 radical (unpaired) electrons. The number of aromatic amines is 1. The van der Waals surface area contributed by atoms with Crippen molar-refractivity contribution in [3.63, 3.8) is 0 Å². The highest BCUT2D eigenvalue weighted by molar-refractivity contribution is 5.74. The Kier molecular flexibility index (Phi) is 4.87. The van der Waals surface area contributed by atoms with Gasteiger partial charge in [0.25, 0.3) is 0 Å². The molecule has 9 heteroatoms. The van der Waals surface area contributed by atoms with Crippen LogP contribution < -0.4 is 10.1 Å². The molecule has 0 unspecified atom stereocenters. The second-order valence-electron chi connectivity index (χ2n) is 6.95. The lowest BCUT2D eigenvalue weighted by atomic mass is 10.1. The van der Waals surface area contributed by atoms with Crippen molar-refractivity contribution >= 4 is 22.8 Å². The van der Waals surface area contributed by atoms with Crippen molar-refractivity contribution in [3.05, 3.63) is 59.9 Å². The zero-order valence-corrected chi connectivity index (χ0v) is 16.1. The number of imidazole rings is 1. The quantitative estimate of drug-likeness (QED) is 0.497. The number of pyridine rings is 1. The van der Waals surface area contributed by atoms with Crippen LogP contribution in [0.4, 0.5) is 20.4 Å². The lowest BCUT2D eigenvalue weighted by Crippen LogP contribution is -2.07. The van der Waals surface area contributed by atoms with Crippen LogP contribution in [0.15, 0.2) is 42.7 Å².